The lowest BCUT2D eigenvalue weighted by Crippen LogP contribution is -1.98. The van der Waals surface area contributed by atoms with E-state index in [1.165, 1.54) is 12.1 Å². The van der Waals surface area contributed by atoms with Crippen LogP contribution in [0.25, 0.3) is 0 Å². The molecule has 0 fully saturated rings. The first-order valence-electron chi connectivity index (χ1n) is 8.31. The van der Waals surface area contributed by atoms with Gasteiger partial charge in [0.05, 0.1) is 17.5 Å². The van der Waals surface area contributed by atoms with Crippen LogP contribution < -0.4 is 10.2 Å². The van der Waals surface area contributed by atoms with Crippen LogP contribution in [0.2, 0.25) is 10.0 Å². The standard InChI is InChI=1S/C21H16Cl2N2O3/c22-19-5-2-6-20(23)18(19)13-28-17-4-1-3-14(11-17)12-24-25-16-9-7-15(8-10-16)21(26)27/h1-12,25H,13H2,(H,26,27)/b24-12+. The molecule has 142 valence electrons. The second-order valence-electron chi connectivity index (χ2n) is 5.81. The summed E-state index contributed by atoms with van der Waals surface area (Å²) in [7, 11) is 0. The molecule has 28 heavy (non-hydrogen) atoms. The average molecular weight is 415 g/mol. The summed E-state index contributed by atoms with van der Waals surface area (Å²) < 4.78 is 5.79. The molecule has 0 bridgehead atoms. The molecule has 0 saturated carbocycles. The molecule has 0 aliphatic carbocycles. The Morgan fingerprint density at radius 2 is 1.71 bits per heavy atom. The number of halogens is 2. The quantitative estimate of drug-likeness (QED) is 0.383. The van der Waals surface area contributed by atoms with Gasteiger partial charge in [-0.15, -0.1) is 0 Å². The van der Waals surface area contributed by atoms with E-state index < -0.39 is 5.97 Å². The molecule has 2 N–H and O–H groups in total. The van der Waals surface area contributed by atoms with Crippen molar-refractivity contribution in [3.05, 3.63) is 93.5 Å². The Labute approximate surface area is 172 Å². The molecular formula is C21H16Cl2N2O3. The van der Waals surface area contributed by atoms with Gasteiger partial charge in [-0.25, -0.2) is 4.79 Å². The van der Waals surface area contributed by atoms with Gasteiger partial charge in [0.2, 0.25) is 0 Å². The molecule has 0 heterocycles. The van der Waals surface area contributed by atoms with Gasteiger partial charge in [0, 0.05) is 15.6 Å². The van der Waals surface area contributed by atoms with Crippen molar-refractivity contribution < 1.29 is 14.6 Å². The summed E-state index contributed by atoms with van der Waals surface area (Å²) in [6, 6.07) is 19.0. The van der Waals surface area contributed by atoms with Gasteiger partial charge in [0.1, 0.15) is 12.4 Å². The third kappa shape index (κ3) is 5.25. The highest BCUT2D eigenvalue weighted by atomic mass is 35.5. The summed E-state index contributed by atoms with van der Waals surface area (Å²) >= 11 is 12.3. The minimum absolute atomic E-state index is 0.220. The lowest BCUT2D eigenvalue weighted by molar-refractivity contribution is 0.0697. The van der Waals surface area contributed by atoms with Crippen LogP contribution in [0, 0.1) is 0 Å². The van der Waals surface area contributed by atoms with Crippen LogP contribution in [-0.4, -0.2) is 17.3 Å². The zero-order chi connectivity index (χ0) is 19.9. The second kappa shape index (κ2) is 9.26. The van der Waals surface area contributed by atoms with E-state index in [2.05, 4.69) is 10.5 Å². The number of anilines is 1. The molecule has 0 aromatic heterocycles. The van der Waals surface area contributed by atoms with Gasteiger partial charge in [-0.3, -0.25) is 5.43 Å². The number of hydrogen-bond acceptors (Lipinski definition) is 4. The zero-order valence-corrected chi connectivity index (χ0v) is 16.1. The van der Waals surface area contributed by atoms with Crippen molar-refractivity contribution in [2.45, 2.75) is 6.61 Å². The van der Waals surface area contributed by atoms with Crippen LogP contribution in [0.3, 0.4) is 0 Å². The van der Waals surface area contributed by atoms with Crippen molar-refractivity contribution in [1.29, 1.82) is 0 Å². The third-order valence-electron chi connectivity index (χ3n) is 3.84. The third-order valence-corrected chi connectivity index (χ3v) is 4.55. The van der Waals surface area contributed by atoms with E-state index in [0.717, 1.165) is 11.1 Å². The number of nitrogens with one attached hydrogen (secondary N) is 1. The highest BCUT2D eigenvalue weighted by Gasteiger charge is 2.06. The lowest BCUT2D eigenvalue weighted by atomic mass is 10.2. The Kier molecular flexibility index (Phi) is 6.53. The van der Waals surface area contributed by atoms with E-state index in [1.54, 1.807) is 36.5 Å². The molecule has 0 atom stereocenters. The molecule has 3 rings (SSSR count). The molecule has 0 radical (unpaired) electrons. The van der Waals surface area contributed by atoms with Crippen LogP contribution in [0.15, 0.2) is 71.8 Å². The van der Waals surface area contributed by atoms with Crippen LogP contribution in [0.4, 0.5) is 5.69 Å². The molecule has 7 heteroatoms. The van der Waals surface area contributed by atoms with E-state index in [1.807, 2.05) is 24.3 Å². The Morgan fingerprint density at radius 3 is 2.39 bits per heavy atom. The van der Waals surface area contributed by atoms with Gasteiger partial charge in [0.15, 0.2) is 0 Å². The largest absolute Gasteiger partial charge is 0.489 e. The van der Waals surface area contributed by atoms with Crippen molar-refractivity contribution in [2.24, 2.45) is 5.10 Å². The number of rotatable bonds is 7. The summed E-state index contributed by atoms with van der Waals surface area (Å²) in [6.07, 6.45) is 1.64. The number of hydrazone groups is 1. The van der Waals surface area contributed by atoms with Crippen molar-refractivity contribution in [3.8, 4) is 5.75 Å². The summed E-state index contributed by atoms with van der Waals surface area (Å²) in [5.74, 6) is -0.310. The van der Waals surface area contributed by atoms with Gasteiger partial charge in [-0.05, 0) is 54.1 Å². The average Bonchev–Trinajstić information content (AvgIpc) is 2.68. The van der Waals surface area contributed by atoms with Gasteiger partial charge in [-0.1, -0.05) is 41.4 Å². The number of benzene rings is 3. The van der Waals surface area contributed by atoms with E-state index in [4.69, 9.17) is 33.0 Å². The van der Waals surface area contributed by atoms with Crippen molar-refractivity contribution >= 4 is 41.1 Å². The molecule has 3 aromatic carbocycles. The predicted octanol–water partition coefficient (Wildman–Crippen LogP) is 5.72. The normalized spacial score (nSPS) is 10.8. The maximum Gasteiger partial charge on any atom is 0.335 e. The van der Waals surface area contributed by atoms with Gasteiger partial charge in [-0.2, -0.15) is 5.10 Å². The van der Waals surface area contributed by atoms with Gasteiger partial charge >= 0.3 is 5.97 Å². The van der Waals surface area contributed by atoms with Crippen LogP contribution in [-0.2, 0) is 6.61 Å². The van der Waals surface area contributed by atoms with Crippen LogP contribution >= 0.6 is 23.2 Å². The first kappa shape index (κ1) is 19.7. The molecular weight excluding hydrogens is 399 g/mol. The van der Waals surface area contributed by atoms with Crippen molar-refractivity contribution in [2.75, 3.05) is 5.43 Å². The monoisotopic (exact) mass is 414 g/mol. The van der Waals surface area contributed by atoms with E-state index in [0.29, 0.717) is 21.5 Å². The molecule has 0 spiro atoms. The fourth-order valence-electron chi connectivity index (χ4n) is 2.38. The number of nitrogens with zero attached hydrogens (tertiary/aromatic N) is 1. The number of carboxylic acids is 1. The number of aromatic carboxylic acids is 1. The van der Waals surface area contributed by atoms with Crippen LogP contribution in [0.5, 0.6) is 5.75 Å². The first-order valence-corrected chi connectivity index (χ1v) is 9.07. The summed E-state index contributed by atoms with van der Waals surface area (Å²) in [6.45, 7) is 0.257. The molecule has 0 saturated heterocycles. The van der Waals surface area contributed by atoms with Crippen molar-refractivity contribution in [3.63, 3.8) is 0 Å². The second-order valence-corrected chi connectivity index (χ2v) is 6.63. The maximum absolute atomic E-state index is 10.8. The van der Waals surface area contributed by atoms with E-state index in [9.17, 15) is 4.79 Å². The number of carboxylic acid groups (broad SMARTS) is 1. The Morgan fingerprint density at radius 1 is 1.04 bits per heavy atom. The summed E-state index contributed by atoms with van der Waals surface area (Å²) in [4.78, 5) is 10.8. The van der Waals surface area contributed by atoms with E-state index in [-0.39, 0.29) is 12.2 Å². The minimum Gasteiger partial charge on any atom is -0.489 e. The fourth-order valence-corrected chi connectivity index (χ4v) is 2.89. The van der Waals surface area contributed by atoms with Gasteiger partial charge < -0.3 is 9.84 Å². The number of hydrogen-bond donors (Lipinski definition) is 2. The molecule has 0 aliphatic rings. The summed E-state index contributed by atoms with van der Waals surface area (Å²) in [5.41, 5.74) is 5.32. The first-order chi connectivity index (χ1) is 13.5. The molecule has 3 aromatic rings. The number of carbonyl (C=O) groups is 1. The van der Waals surface area contributed by atoms with Gasteiger partial charge in [0.25, 0.3) is 0 Å². The highest BCUT2D eigenvalue weighted by molar-refractivity contribution is 6.35. The SMILES string of the molecule is O=C(O)c1ccc(N/N=C/c2cccc(OCc3c(Cl)cccc3Cl)c2)cc1. The van der Waals surface area contributed by atoms with Crippen LogP contribution in [0.1, 0.15) is 21.5 Å². The lowest BCUT2D eigenvalue weighted by Gasteiger charge is -2.10. The maximum atomic E-state index is 10.8. The van der Waals surface area contributed by atoms with Crippen molar-refractivity contribution in [1.82, 2.24) is 0 Å². The predicted molar refractivity (Wildman–Crippen MR) is 112 cm³/mol. The fraction of sp³-hybridized carbons (Fsp3) is 0.0476. The minimum atomic E-state index is -0.968. The molecule has 0 unspecified atom stereocenters. The number of ether oxygens (including phenoxy) is 1. The van der Waals surface area contributed by atoms with E-state index >= 15 is 0 Å². The Hall–Kier alpha value is -3.02. The molecule has 5 nitrogen and oxygen atoms in total. The molecule has 0 amide bonds. The topological polar surface area (TPSA) is 70.9 Å². The Bertz CT molecular complexity index is 985. The highest BCUT2D eigenvalue weighted by Crippen LogP contribution is 2.26. The smallest absolute Gasteiger partial charge is 0.335 e. The Balaban J connectivity index is 1.61. The molecule has 0 aliphatic heterocycles. The zero-order valence-electron chi connectivity index (χ0n) is 14.6. The summed E-state index contributed by atoms with van der Waals surface area (Å²) in [5, 5.41) is 14.2.